The van der Waals surface area contributed by atoms with E-state index in [1.54, 1.807) is 54.6 Å². The van der Waals surface area contributed by atoms with Gasteiger partial charge in [-0.2, -0.15) is 5.10 Å². The average molecular weight is 415 g/mol. The molecule has 0 radical (unpaired) electrons. The lowest BCUT2D eigenvalue weighted by molar-refractivity contribution is 0.102. The number of carbonyl (C=O) groups excluding carboxylic acids is 1. The first kappa shape index (κ1) is 20.2. The standard InChI is InChI=1S/C24H21N3O4/c1-3-30-16-12-14-17(15-13-16)31-21-11-7-6-10-20(21)25-23(28)22-18-8-4-5-9-19(18)24(29)27(2)26-22/h4-15H,3H2,1-2H3,(H,25,28). The fourth-order valence-corrected chi connectivity index (χ4v) is 3.21. The van der Waals surface area contributed by atoms with Crippen LogP contribution in [0.3, 0.4) is 0 Å². The van der Waals surface area contributed by atoms with Crippen molar-refractivity contribution in [1.82, 2.24) is 9.78 Å². The number of fused-ring (bicyclic) bond motifs is 1. The van der Waals surface area contributed by atoms with Crippen LogP contribution in [0.2, 0.25) is 0 Å². The van der Waals surface area contributed by atoms with E-state index in [-0.39, 0.29) is 11.3 Å². The van der Waals surface area contributed by atoms with E-state index in [1.165, 1.54) is 11.7 Å². The number of hydrogen-bond donors (Lipinski definition) is 1. The van der Waals surface area contributed by atoms with Crippen molar-refractivity contribution in [2.45, 2.75) is 6.92 Å². The summed E-state index contributed by atoms with van der Waals surface area (Å²) < 4.78 is 12.6. The van der Waals surface area contributed by atoms with Gasteiger partial charge < -0.3 is 14.8 Å². The predicted molar refractivity (Wildman–Crippen MR) is 119 cm³/mol. The molecule has 31 heavy (non-hydrogen) atoms. The summed E-state index contributed by atoms with van der Waals surface area (Å²) in [6, 6.07) is 21.3. The van der Waals surface area contributed by atoms with Gasteiger partial charge in [0.25, 0.3) is 11.5 Å². The third-order valence-electron chi connectivity index (χ3n) is 4.67. The molecule has 0 saturated carbocycles. The SMILES string of the molecule is CCOc1ccc(Oc2ccccc2NC(=O)c2nn(C)c(=O)c3ccccc23)cc1. The third-order valence-corrected chi connectivity index (χ3v) is 4.67. The molecule has 1 heterocycles. The Morgan fingerprint density at radius 2 is 1.58 bits per heavy atom. The maximum atomic E-state index is 13.1. The van der Waals surface area contributed by atoms with Crippen molar-refractivity contribution >= 4 is 22.4 Å². The minimum absolute atomic E-state index is 0.161. The zero-order chi connectivity index (χ0) is 21.8. The molecule has 4 rings (SSSR count). The Morgan fingerprint density at radius 1 is 0.935 bits per heavy atom. The number of hydrogen-bond acceptors (Lipinski definition) is 5. The smallest absolute Gasteiger partial charge is 0.276 e. The number of aryl methyl sites for hydroxylation is 1. The van der Waals surface area contributed by atoms with Crippen LogP contribution >= 0.6 is 0 Å². The Hall–Kier alpha value is -4.13. The molecule has 0 aliphatic heterocycles. The Morgan fingerprint density at radius 3 is 2.32 bits per heavy atom. The lowest BCUT2D eigenvalue weighted by atomic mass is 10.1. The summed E-state index contributed by atoms with van der Waals surface area (Å²) >= 11 is 0. The van der Waals surface area contributed by atoms with Gasteiger partial charge >= 0.3 is 0 Å². The van der Waals surface area contributed by atoms with Gasteiger partial charge in [0.05, 0.1) is 17.7 Å². The molecule has 3 aromatic carbocycles. The van der Waals surface area contributed by atoms with Crippen LogP contribution in [0.4, 0.5) is 5.69 Å². The monoisotopic (exact) mass is 415 g/mol. The first-order chi connectivity index (χ1) is 15.1. The number of rotatable bonds is 6. The van der Waals surface area contributed by atoms with Crippen LogP contribution in [0, 0.1) is 0 Å². The van der Waals surface area contributed by atoms with Crippen molar-refractivity contribution < 1.29 is 14.3 Å². The summed E-state index contributed by atoms with van der Waals surface area (Å²) in [5.41, 5.74) is 0.390. The molecule has 0 atom stereocenters. The number of benzene rings is 3. The van der Waals surface area contributed by atoms with E-state index < -0.39 is 5.91 Å². The van der Waals surface area contributed by atoms with Crippen molar-refractivity contribution in [3.05, 3.63) is 88.8 Å². The van der Waals surface area contributed by atoms with Gasteiger partial charge in [-0.15, -0.1) is 0 Å². The van der Waals surface area contributed by atoms with E-state index in [2.05, 4.69) is 10.4 Å². The van der Waals surface area contributed by atoms with Crippen molar-refractivity contribution in [2.24, 2.45) is 7.05 Å². The van der Waals surface area contributed by atoms with Gasteiger partial charge in [-0.1, -0.05) is 30.3 Å². The number of ether oxygens (including phenoxy) is 2. The van der Waals surface area contributed by atoms with Crippen molar-refractivity contribution in [1.29, 1.82) is 0 Å². The number of amides is 1. The fraction of sp³-hybridized carbons (Fsp3) is 0.125. The summed E-state index contributed by atoms with van der Waals surface area (Å²) in [4.78, 5) is 25.4. The summed E-state index contributed by atoms with van der Waals surface area (Å²) in [6.07, 6.45) is 0. The molecule has 0 saturated heterocycles. The molecule has 0 fully saturated rings. The summed E-state index contributed by atoms with van der Waals surface area (Å²) in [5.74, 6) is 1.41. The van der Waals surface area contributed by atoms with E-state index in [4.69, 9.17) is 9.47 Å². The minimum Gasteiger partial charge on any atom is -0.494 e. The first-order valence-electron chi connectivity index (χ1n) is 9.84. The van der Waals surface area contributed by atoms with Gasteiger partial charge in [0.1, 0.15) is 11.5 Å². The number of para-hydroxylation sites is 2. The summed E-state index contributed by atoms with van der Waals surface area (Å²) in [6.45, 7) is 2.51. The molecule has 4 aromatic rings. The second-order valence-corrected chi connectivity index (χ2v) is 6.78. The van der Waals surface area contributed by atoms with Crippen LogP contribution in [-0.4, -0.2) is 22.3 Å². The Labute approximate surface area is 178 Å². The van der Waals surface area contributed by atoms with Crippen molar-refractivity contribution in [2.75, 3.05) is 11.9 Å². The lowest BCUT2D eigenvalue weighted by Gasteiger charge is -2.13. The number of carbonyl (C=O) groups is 1. The summed E-state index contributed by atoms with van der Waals surface area (Å²) in [7, 11) is 1.52. The molecule has 7 nitrogen and oxygen atoms in total. The van der Waals surface area contributed by atoms with E-state index in [9.17, 15) is 9.59 Å². The average Bonchev–Trinajstić information content (AvgIpc) is 2.79. The van der Waals surface area contributed by atoms with Gasteiger partial charge in [-0.25, -0.2) is 4.68 Å². The van der Waals surface area contributed by atoms with Gasteiger partial charge in [0, 0.05) is 12.4 Å². The second-order valence-electron chi connectivity index (χ2n) is 6.78. The molecule has 0 bridgehead atoms. The quantitative estimate of drug-likeness (QED) is 0.505. The number of anilines is 1. The maximum absolute atomic E-state index is 13.1. The summed E-state index contributed by atoms with van der Waals surface area (Å²) in [5, 5.41) is 7.95. The second kappa shape index (κ2) is 8.71. The van der Waals surface area contributed by atoms with Crippen LogP contribution in [-0.2, 0) is 7.05 Å². The van der Waals surface area contributed by atoms with Crippen LogP contribution in [0.5, 0.6) is 17.2 Å². The number of nitrogens with zero attached hydrogens (tertiary/aromatic N) is 2. The highest BCUT2D eigenvalue weighted by atomic mass is 16.5. The van der Waals surface area contributed by atoms with Crippen LogP contribution in [0.15, 0.2) is 77.6 Å². The van der Waals surface area contributed by atoms with Crippen molar-refractivity contribution in [3.63, 3.8) is 0 Å². The highest BCUT2D eigenvalue weighted by Gasteiger charge is 2.17. The molecule has 1 amide bonds. The molecule has 1 aromatic heterocycles. The molecular weight excluding hydrogens is 394 g/mol. The molecular formula is C24H21N3O4. The highest BCUT2D eigenvalue weighted by molar-refractivity contribution is 6.11. The normalized spacial score (nSPS) is 10.6. The fourth-order valence-electron chi connectivity index (χ4n) is 3.21. The van der Waals surface area contributed by atoms with E-state index in [1.807, 2.05) is 25.1 Å². The minimum atomic E-state index is -0.436. The Kier molecular flexibility index (Phi) is 5.66. The molecule has 7 heteroatoms. The topological polar surface area (TPSA) is 82.4 Å². The highest BCUT2D eigenvalue weighted by Crippen LogP contribution is 2.30. The zero-order valence-corrected chi connectivity index (χ0v) is 17.2. The Bertz CT molecular complexity index is 1300. The predicted octanol–water partition coefficient (Wildman–Crippen LogP) is 4.38. The first-order valence-corrected chi connectivity index (χ1v) is 9.84. The maximum Gasteiger partial charge on any atom is 0.276 e. The van der Waals surface area contributed by atoms with Gasteiger partial charge in [0.2, 0.25) is 0 Å². The molecule has 0 aliphatic carbocycles. The van der Waals surface area contributed by atoms with Crippen LogP contribution in [0.1, 0.15) is 17.4 Å². The molecule has 0 spiro atoms. The Balaban J connectivity index is 1.62. The van der Waals surface area contributed by atoms with Crippen LogP contribution in [0.25, 0.3) is 10.8 Å². The van der Waals surface area contributed by atoms with Gasteiger partial charge in [-0.05, 0) is 49.4 Å². The molecule has 1 N–H and O–H groups in total. The molecule has 0 aliphatic rings. The van der Waals surface area contributed by atoms with Gasteiger partial charge in [-0.3, -0.25) is 9.59 Å². The molecule has 0 unspecified atom stereocenters. The molecule has 156 valence electrons. The largest absolute Gasteiger partial charge is 0.494 e. The number of aromatic nitrogens is 2. The van der Waals surface area contributed by atoms with Crippen molar-refractivity contribution in [3.8, 4) is 17.2 Å². The van der Waals surface area contributed by atoms with E-state index >= 15 is 0 Å². The van der Waals surface area contributed by atoms with E-state index in [0.29, 0.717) is 34.6 Å². The van der Waals surface area contributed by atoms with E-state index in [0.717, 1.165) is 5.75 Å². The van der Waals surface area contributed by atoms with Gasteiger partial charge in [0.15, 0.2) is 11.4 Å². The lowest BCUT2D eigenvalue weighted by Crippen LogP contribution is -2.25. The third kappa shape index (κ3) is 4.25. The zero-order valence-electron chi connectivity index (χ0n) is 17.2. The van der Waals surface area contributed by atoms with Crippen LogP contribution < -0.4 is 20.3 Å². The number of nitrogens with one attached hydrogen (secondary N) is 1.